The zero-order valence-electron chi connectivity index (χ0n) is 13.1. The number of benzene rings is 2. The lowest BCUT2D eigenvalue weighted by atomic mass is 10.2. The first-order chi connectivity index (χ1) is 11.6. The summed E-state index contributed by atoms with van der Waals surface area (Å²) in [6.07, 6.45) is 0. The zero-order chi connectivity index (χ0) is 17.4. The van der Waals surface area contributed by atoms with Crippen LogP contribution in [0, 0.1) is 10.1 Å². The van der Waals surface area contributed by atoms with Crippen molar-refractivity contribution in [2.45, 2.75) is 13.5 Å². The van der Waals surface area contributed by atoms with Gasteiger partial charge in [0.25, 0.3) is 5.69 Å². The van der Waals surface area contributed by atoms with E-state index >= 15 is 0 Å². The highest BCUT2D eigenvalue weighted by molar-refractivity contribution is 5.71. The van der Waals surface area contributed by atoms with Gasteiger partial charge in [-0.2, -0.15) is 0 Å². The van der Waals surface area contributed by atoms with Crippen LogP contribution in [0.25, 0.3) is 0 Å². The number of ether oxygens (including phenoxy) is 3. The maximum Gasteiger partial charge on any atom is 0.344 e. The van der Waals surface area contributed by atoms with Crippen LogP contribution in [-0.4, -0.2) is 24.1 Å². The fourth-order valence-electron chi connectivity index (χ4n) is 1.93. The number of nitrogens with zero attached hydrogens (tertiary/aromatic N) is 1. The van der Waals surface area contributed by atoms with Crippen molar-refractivity contribution in [3.05, 3.63) is 64.2 Å². The number of rotatable bonds is 8. The number of hydrogen-bond acceptors (Lipinski definition) is 6. The van der Waals surface area contributed by atoms with Gasteiger partial charge in [0.2, 0.25) is 0 Å². The fourth-order valence-corrected chi connectivity index (χ4v) is 1.93. The molecule has 0 heterocycles. The van der Waals surface area contributed by atoms with E-state index in [0.29, 0.717) is 18.1 Å². The van der Waals surface area contributed by atoms with E-state index < -0.39 is 10.9 Å². The molecule has 0 atom stereocenters. The summed E-state index contributed by atoms with van der Waals surface area (Å²) in [4.78, 5) is 21.8. The Hall–Kier alpha value is -3.09. The first-order valence-corrected chi connectivity index (χ1v) is 7.33. The number of esters is 1. The van der Waals surface area contributed by atoms with E-state index in [-0.39, 0.29) is 18.9 Å². The number of nitro groups is 1. The zero-order valence-corrected chi connectivity index (χ0v) is 13.1. The third kappa shape index (κ3) is 4.98. The van der Waals surface area contributed by atoms with Gasteiger partial charge in [0.05, 0.1) is 11.5 Å². The quantitative estimate of drug-likeness (QED) is 0.419. The molecule has 0 amide bonds. The molecule has 2 aromatic carbocycles. The number of para-hydroxylation sites is 1. The standard InChI is InChI=1S/C17H17NO6/c1-2-22-16-6-4-3-5-13(16)11-24-17(19)12-23-15-9-7-14(8-10-15)18(20)21/h3-10H,2,11-12H2,1H3. The highest BCUT2D eigenvalue weighted by Crippen LogP contribution is 2.19. The van der Waals surface area contributed by atoms with Crippen molar-refractivity contribution >= 4 is 11.7 Å². The summed E-state index contributed by atoms with van der Waals surface area (Å²) in [7, 11) is 0. The lowest BCUT2D eigenvalue weighted by molar-refractivity contribution is -0.384. The summed E-state index contributed by atoms with van der Waals surface area (Å²) in [5, 5.41) is 10.6. The number of carbonyl (C=O) groups is 1. The molecule has 0 radical (unpaired) electrons. The summed E-state index contributed by atoms with van der Waals surface area (Å²) in [5.74, 6) is 0.482. The Bertz CT molecular complexity index is 698. The lowest BCUT2D eigenvalue weighted by Gasteiger charge is -2.11. The van der Waals surface area contributed by atoms with Crippen LogP contribution in [0.3, 0.4) is 0 Å². The fraction of sp³-hybridized carbons (Fsp3) is 0.235. The van der Waals surface area contributed by atoms with Crippen molar-refractivity contribution in [1.29, 1.82) is 0 Å². The van der Waals surface area contributed by atoms with E-state index in [4.69, 9.17) is 14.2 Å². The highest BCUT2D eigenvalue weighted by Gasteiger charge is 2.09. The number of carbonyl (C=O) groups excluding carboxylic acids is 1. The van der Waals surface area contributed by atoms with Gasteiger partial charge in [0.1, 0.15) is 18.1 Å². The van der Waals surface area contributed by atoms with Gasteiger partial charge in [-0.15, -0.1) is 0 Å². The van der Waals surface area contributed by atoms with Crippen LogP contribution in [0.4, 0.5) is 5.69 Å². The van der Waals surface area contributed by atoms with Gasteiger partial charge in [0, 0.05) is 17.7 Å². The SMILES string of the molecule is CCOc1ccccc1COC(=O)COc1ccc([N+](=O)[O-])cc1. The van der Waals surface area contributed by atoms with Gasteiger partial charge >= 0.3 is 5.97 Å². The van der Waals surface area contributed by atoms with Crippen molar-refractivity contribution in [2.75, 3.05) is 13.2 Å². The Morgan fingerprint density at radius 1 is 1.08 bits per heavy atom. The van der Waals surface area contributed by atoms with E-state index in [1.807, 2.05) is 25.1 Å². The Kier molecular flexibility index (Phi) is 6.13. The van der Waals surface area contributed by atoms with Crippen molar-refractivity contribution in [1.82, 2.24) is 0 Å². The third-order valence-electron chi connectivity index (χ3n) is 3.07. The van der Waals surface area contributed by atoms with Crippen LogP contribution in [0.2, 0.25) is 0 Å². The first-order valence-electron chi connectivity index (χ1n) is 7.33. The molecule has 2 rings (SSSR count). The molecule has 0 saturated carbocycles. The Morgan fingerprint density at radius 2 is 1.79 bits per heavy atom. The molecule has 0 spiro atoms. The molecule has 0 saturated heterocycles. The predicted molar refractivity (Wildman–Crippen MR) is 86.0 cm³/mol. The lowest BCUT2D eigenvalue weighted by Crippen LogP contribution is -2.15. The molecule has 0 aliphatic carbocycles. The molecule has 0 aliphatic rings. The van der Waals surface area contributed by atoms with Gasteiger partial charge in [-0.05, 0) is 25.1 Å². The van der Waals surface area contributed by atoms with Crippen molar-refractivity contribution < 1.29 is 23.9 Å². The van der Waals surface area contributed by atoms with Crippen LogP contribution >= 0.6 is 0 Å². The van der Waals surface area contributed by atoms with E-state index in [2.05, 4.69) is 0 Å². The molecule has 0 aromatic heterocycles. The van der Waals surface area contributed by atoms with Crippen molar-refractivity contribution in [3.63, 3.8) is 0 Å². The molecule has 2 aromatic rings. The minimum atomic E-state index is -0.542. The Morgan fingerprint density at radius 3 is 2.46 bits per heavy atom. The molecule has 0 N–H and O–H groups in total. The Balaban J connectivity index is 1.82. The monoisotopic (exact) mass is 331 g/mol. The summed E-state index contributed by atoms with van der Waals surface area (Å²) in [6.45, 7) is 2.20. The molecule has 7 nitrogen and oxygen atoms in total. The van der Waals surface area contributed by atoms with Crippen molar-refractivity contribution in [3.8, 4) is 11.5 Å². The Labute approximate surface area is 138 Å². The molecule has 0 aliphatic heterocycles. The van der Waals surface area contributed by atoms with Crippen LogP contribution in [0.15, 0.2) is 48.5 Å². The topological polar surface area (TPSA) is 87.9 Å². The maximum absolute atomic E-state index is 11.7. The van der Waals surface area contributed by atoms with Gasteiger partial charge < -0.3 is 14.2 Å². The van der Waals surface area contributed by atoms with Gasteiger partial charge in [-0.3, -0.25) is 10.1 Å². The average Bonchev–Trinajstić information content (AvgIpc) is 2.60. The molecule has 0 bridgehead atoms. The smallest absolute Gasteiger partial charge is 0.344 e. The number of nitro benzene ring substituents is 1. The van der Waals surface area contributed by atoms with Crippen LogP contribution < -0.4 is 9.47 Å². The van der Waals surface area contributed by atoms with E-state index in [0.717, 1.165) is 5.56 Å². The predicted octanol–water partition coefficient (Wildman–Crippen LogP) is 3.12. The maximum atomic E-state index is 11.7. The van der Waals surface area contributed by atoms with Crippen LogP contribution in [0.5, 0.6) is 11.5 Å². The second-order valence-electron chi connectivity index (χ2n) is 4.74. The molecule has 126 valence electrons. The van der Waals surface area contributed by atoms with E-state index in [1.54, 1.807) is 6.07 Å². The number of hydrogen-bond donors (Lipinski definition) is 0. The molecule has 0 unspecified atom stereocenters. The van der Waals surface area contributed by atoms with Crippen LogP contribution in [0.1, 0.15) is 12.5 Å². The molecule has 0 fully saturated rings. The normalized spacial score (nSPS) is 10.0. The van der Waals surface area contributed by atoms with Gasteiger partial charge in [-0.25, -0.2) is 4.79 Å². The van der Waals surface area contributed by atoms with Crippen LogP contribution in [-0.2, 0) is 16.1 Å². The largest absolute Gasteiger partial charge is 0.493 e. The number of non-ortho nitro benzene ring substituents is 1. The van der Waals surface area contributed by atoms with Crippen molar-refractivity contribution in [2.24, 2.45) is 0 Å². The first kappa shape index (κ1) is 17.3. The van der Waals surface area contributed by atoms with Gasteiger partial charge in [-0.1, -0.05) is 18.2 Å². The molecule has 7 heteroatoms. The molecular weight excluding hydrogens is 314 g/mol. The second kappa shape index (κ2) is 8.52. The van der Waals surface area contributed by atoms with E-state index in [1.165, 1.54) is 24.3 Å². The summed E-state index contributed by atoms with van der Waals surface area (Å²) in [5.41, 5.74) is 0.723. The van der Waals surface area contributed by atoms with E-state index in [9.17, 15) is 14.9 Å². The second-order valence-corrected chi connectivity index (χ2v) is 4.74. The summed E-state index contributed by atoms with van der Waals surface area (Å²) in [6, 6.07) is 12.8. The minimum absolute atomic E-state index is 0.0440. The summed E-state index contributed by atoms with van der Waals surface area (Å²) < 4.78 is 15.8. The molecule has 24 heavy (non-hydrogen) atoms. The third-order valence-corrected chi connectivity index (χ3v) is 3.07. The minimum Gasteiger partial charge on any atom is -0.493 e. The average molecular weight is 331 g/mol. The van der Waals surface area contributed by atoms with Gasteiger partial charge in [0.15, 0.2) is 6.61 Å². The molecular formula is C17H17NO6. The summed E-state index contributed by atoms with van der Waals surface area (Å²) >= 11 is 0. The highest BCUT2D eigenvalue weighted by atomic mass is 16.6.